The molecule has 1 fully saturated rings. The monoisotopic (exact) mass is 486 g/mol. The van der Waals surface area contributed by atoms with Crippen LogP contribution in [0.2, 0.25) is 5.04 Å². The van der Waals surface area contributed by atoms with E-state index in [-0.39, 0.29) is 10.6 Å². The van der Waals surface area contributed by atoms with E-state index >= 15 is 0 Å². The van der Waals surface area contributed by atoms with Gasteiger partial charge in [-0.05, 0) is 47.2 Å². The van der Waals surface area contributed by atoms with Crippen LogP contribution in [0.3, 0.4) is 0 Å². The number of nitrogens with zero attached hydrogens (tertiary/aromatic N) is 1. The molecule has 2 atom stereocenters. The minimum Gasteiger partial charge on any atom is -0.406 e. The van der Waals surface area contributed by atoms with Gasteiger partial charge in [-0.2, -0.15) is 0 Å². The van der Waals surface area contributed by atoms with Crippen molar-refractivity contribution in [2.24, 2.45) is 11.7 Å². The summed E-state index contributed by atoms with van der Waals surface area (Å²) in [6.45, 7) is 14.0. The molecule has 1 aliphatic heterocycles. The van der Waals surface area contributed by atoms with Crippen LogP contribution in [0.4, 0.5) is 0 Å². The summed E-state index contributed by atoms with van der Waals surface area (Å²) in [5.41, 5.74) is 7.77. The summed E-state index contributed by atoms with van der Waals surface area (Å²) >= 11 is 0. The van der Waals surface area contributed by atoms with Crippen LogP contribution in [0.1, 0.15) is 46.6 Å². The average Bonchev–Trinajstić information content (AvgIpc) is 3.24. The van der Waals surface area contributed by atoms with Crippen molar-refractivity contribution >= 4 is 18.7 Å². The van der Waals surface area contributed by atoms with Gasteiger partial charge in [-0.1, -0.05) is 112 Å². The van der Waals surface area contributed by atoms with E-state index in [0.29, 0.717) is 18.6 Å². The predicted octanol–water partition coefficient (Wildman–Crippen LogP) is 5.19. The first-order valence-corrected chi connectivity index (χ1v) is 14.8. The Bertz CT molecular complexity index is 1020. The zero-order chi connectivity index (χ0) is 25.1. The second kappa shape index (κ2) is 10.4. The summed E-state index contributed by atoms with van der Waals surface area (Å²) in [6.07, 6.45) is 1.06. The van der Waals surface area contributed by atoms with E-state index in [4.69, 9.17) is 10.2 Å². The molecule has 4 rings (SSSR count). The van der Waals surface area contributed by atoms with E-state index in [0.717, 1.165) is 19.5 Å². The van der Waals surface area contributed by atoms with Gasteiger partial charge in [-0.15, -0.1) is 0 Å². The van der Waals surface area contributed by atoms with E-state index < -0.39 is 8.32 Å². The Kier molecular flexibility index (Phi) is 7.67. The molecule has 0 saturated carbocycles. The molecule has 35 heavy (non-hydrogen) atoms. The van der Waals surface area contributed by atoms with E-state index in [9.17, 15) is 0 Å². The lowest BCUT2D eigenvalue weighted by Crippen LogP contribution is -2.67. The van der Waals surface area contributed by atoms with Gasteiger partial charge < -0.3 is 10.2 Å². The number of hydrogen-bond donors (Lipinski definition) is 1. The standard InChI is InChI=1S/C31H42N2OSi/c1-30(2,3)35(28-17-11-7-12-18-28,29-19-13-8-14-20-29)34-24-27-21-26(31(4,5)32)23-33(27)22-25-15-9-6-10-16-25/h6-20,26-27H,21-24,32H2,1-5H3/t26?,27-/m0/s1. The molecule has 0 radical (unpaired) electrons. The van der Waals surface area contributed by atoms with Crippen molar-refractivity contribution in [3.8, 4) is 0 Å². The highest BCUT2D eigenvalue weighted by molar-refractivity contribution is 6.99. The van der Waals surface area contributed by atoms with Crippen molar-refractivity contribution in [2.75, 3.05) is 13.2 Å². The molecule has 3 nitrogen and oxygen atoms in total. The largest absolute Gasteiger partial charge is 0.406 e. The third-order valence-electron chi connectivity index (χ3n) is 7.72. The van der Waals surface area contributed by atoms with Crippen molar-refractivity contribution in [3.05, 3.63) is 96.6 Å². The average molecular weight is 487 g/mol. The van der Waals surface area contributed by atoms with Crippen LogP contribution in [-0.4, -0.2) is 37.9 Å². The Labute approximate surface area is 213 Å². The van der Waals surface area contributed by atoms with Crippen LogP contribution in [0.15, 0.2) is 91.0 Å². The van der Waals surface area contributed by atoms with E-state index in [1.165, 1.54) is 15.9 Å². The molecule has 0 aromatic heterocycles. The normalized spacial score (nSPS) is 19.7. The SMILES string of the molecule is CC(C)(N)C1C[C@@H](CO[Si](c2ccccc2)(c2ccccc2)C(C)(C)C)N(Cc2ccccc2)C1. The fourth-order valence-corrected chi connectivity index (χ4v) is 10.3. The number of hydrogen-bond acceptors (Lipinski definition) is 3. The van der Waals surface area contributed by atoms with Crippen LogP contribution in [0.5, 0.6) is 0 Å². The molecule has 0 spiro atoms. The van der Waals surface area contributed by atoms with Gasteiger partial charge in [0.2, 0.25) is 0 Å². The summed E-state index contributed by atoms with van der Waals surface area (Å²) in [5.74, 6) is 0.443. The molecule has 186 valence electrons. The van der Waals surface area contributed by atoms with Crippen molar-refractivity contribution in [1.82, 2.24) is 4.90 Å². The minimum atomic E-state index is -2.56. The number of likely N-dealkylation sites (tertiary alicyclic amines) is 1. The molecular formula is C31H42N2OSi. The topological polar surface area (TPSA) is 38.5 Å². The Morgan fingerprint density at radius 1 is 0.800 bits per heavy atom. The summed E-state index contributed by atoms with van der Waals surface area (Å²) in [5, 5.41) is 2.65. The van der Waals surface area contributed by atoms with Crippen molar-refractivity contribution < 1.29 is 4.43 Å². The quantitative estimate of drug-likeness (QED) is 0.445. The van der Waals surface area contributed by atoms with E-state index in [2.05, 4.69) is 131 Å². The summed E-state index contributed by atoms with van der Waals surface area (Å²) in [4.78, 5) is 2.60. The molecule has 0 amide bonds. The van der Waals surface area contributed by atoms with Gasteiger partial charge in [0.25, 0.3) is 8.32 Å². The number of benzene rings is 3. The van der Waals surface area contributed by atoms with Gasteiger partial charge in [0, 0.05) is 24.7 Å². The fraction of sp³-hybridized carbons (Fsp3) is 0.419. The van der Waals surface area contributed by atoms with Crippen LogP contribution < -0.4 is 16.1 Å². The van der Waals surface area contributed by atoms with E-state index in [1.54, 1.807) is 0 Å². The Hall–Kier alpha value is -2.24. The lowest BCUT2D eigenvalue weighted by Gasteiger charge is -2.44. The van der Waals surface area contributed by atoms with Crippen molar-refractivity contribution in [3.63, 3.8) is 0 Å². The predicted molar refractivity (Wildman–Crippen MR) is 151 cm³/mol. The zero-order valence-electron chi connectivity index (χ0n) is 22.1. The second-order valence-electron chi connectivity index (χ2n) is 11.8. The highest BCUT2D eigenvalue weighted by atomic mass is 28.4. The van der Waals surface area contributed by atoms with Gasteiger partial charge in [0.15, 0.2) is 0 Å². The molecule has 3 aromatic rings. The van der Waals surface area contributed by atoms with Gasteiger partial charge in [0.1, 0.15) is 0 Å². The lowest BCUT2D eigenvalue weighted by atomic mass is 9.87. The Morgan fingerprint density at radius 3 is 1.74 bits per heavy atom. The molecule has 0 bridgehead atoms. The maximum Gasteiger partial charge on any atom is 0.261 e. The molecule has 0 aliphatic carbocycles. The zero-order valence-corrected chi connectivity index (χ0v) is 23.1. The van der Waals surface area contributed by atoms with Crippen LogP contribution in [-0.2, 0) is 11.0 Å². The summed E-state index contributed by atoms with van der Waals surface area (Å²) < 4.78 is 7.34. The van der Waals surface area contributed by atoms with Gasteiger partial charge in [-0.3, -0.25) is 4.90 Å². The second-order valence-corrected chi connectivity index (χ2v) is 16.1. The maximum absolute atomic E-state index is 7.34. The Morgan fingerprint density at radius 2 is 1.29 bits per heavy atom. The molecular weight excluding hydrogens is 444 g/mol. The minimum absolute atomic E-state index is 0.0227. The van der Waals surface area contributed by atoms with Crippen LogP contribution >= 0.6 is 0 Å². The highest BCUT2D eigenvalue weighted by Crippen LogP contribution is 2.38. The third kappa shape index (κ3) is 5.62. The lowest BCUT2D eigenvalue weighted by molar-refractivity contribution is 0.159. The molecule has 2 N–H and O–H groups in total. The highest BCUT2D eigenvalue weighted by Gasteiger charge is 2.51. The number of rotatable bonds is 8. The first-order chi connectivity index (χ1) is 16.6. The molecule has 1 aliphatic rings. The van der Waals surface area contributed by atoms with E-state index in [1.807, 2.05) is 0 Å². The van der Waals surface area contributed by atoms with Gasteiger partial charge >= 0.3 is 0 Å². The van der Waals surface area contributed by atoms with Crippen LogP contribution in [0.25, 0.3) is 0 Å². The first kappa shape index (κ1) is 25.8. The maximum atomic E-state index is 7.34. The van der Waals surface area contributed by atoms with Crippen molar-refractivity contribution in [2.45, 2.75) is 64.2 Å². The third-order valence-corrected chi connectivity index (χ3v) is 12.7. The summed E-state index contributed by atoms with van der Waals surface area (Å²) in [6, 6.07) is 33.0. The van der Waals surface area contributed by atoms with Crippen molar-refractivity contribution in [1.29, 1.82) is 0 Å². The first-order valence-electron chi connectivity index (χ1n) is 12.9. The fourth-order valence-electron chi connectivity index (χ4n) is 5.69. The smallest absolute Gasteiger partial charge is 0.261 e. The molecule has 4 heteroatoms. The van der Waals surface area contributed by atoms with Gasteiger partial charge in [0.05, 0.1) is 6.61 Å². The molecule has 1 saturated heterocycles. The number of nitrogens with two attached hydrogens (primary N) is 1. The van der Waals surface area contributed by atoms with Crippen LogP contribution in [0, 0.1) is 5.92 Å². The Balaban J connectivity index is 1.68. The van der Waals surface area contributed by atoms with Gasteiger partial charge in [-0.25, -0.2) is 0 Å². The molecule has 1 unspecified atom stereocenters. The summed E-state index contributed by atoms with van der Waals surface area (Å²) in [7, 11) is -2.56. The molecule has 3 aromatic carbocycles. The molecule has 1 heterocycles.